The van der Waals surface area contributed by atoms with Gasteiger partial charge in [0.25, 0.3) is 0 Å². The van der Waals surface area contributed by atoms with E-state index in [2.05, 4.69) is 20.7 Å². The zero-order valence-corrected chi connectivity index (χ0v) is 19.8. The van der Waals surface area contributed by atoms with Crippen molar-refractivity contribution in [3.63, 3.8) is 0 Å². The minimum atomic E-state index is -4.91. The molecule has 0 spiro atoms. The number of carbonyl (C=O) groups excluding carboxylic acids is 1. The minimum Gasteiger partial charge on any atom is -0.372 e. The molecule has 2 bridgehead atoms. The van der Waals surface area contributed by atoms with Gasteiger partial charge in [0.2, 0.25) is 5.91 Å². The van der Waals surface area contributed by atoms with Gasteiger partial charge in [-0.1, -0.05) is 0 Å². The van der Waals surface area contributed by atoms with E-state index in [1.807, 2.05) is 6.92 Å². The van der Waals surface area contributed by atoms with Crippen molar-refractivity contribution in [2.75, 3.05) is 14.1 Å². The molecule has 1 aromatic carbocycles. The summed E-state index contributed by atoms with van der Waals surface area (Å²) in [4.78, 5) is 14.5. The maximum absolute atomic E-state index is 13.2. The number of amides is 1. The lowest BCUT2D eigenvalue weighted by Crippen LogP contribution is -2.54. The molecular formula is C22H26F6N6O2. The number of carbonyl (C=O) groups is 1. The lowest BCUT2D eigenvalue weighted by molar-refractivity contribution is -0.143. The summed E-state index contributed by atoms with van der Waals surface area (Å²) in [5.74, 6) is 0.152. The Balaban J connectivity index is 1.46. The molecule has 4 atom stereocenters. The molecule has 2 aliphatic rings. The number of nitrogens with zero attached hydrogens (tertiary/aromatic N) is 5. The first-order valence-corrected chi connectivity index (χ1v) is 11.3. The molecule has 2 saturated heterocycles. The van der Waals surface area contributed by atoms with Crippen molar-refractivity contribution in [1.29, 1.82) is 0 Å². The van der Waals surface area contributed by atoms with Gasteiger partial charge in [-0.25, -0.2) is 0 Å². The number of ether oxygens (including phenoxy) is 1. The Labute approximate surface area is 203 Å². The Bertz CT molecular complexity index is 1080. The summed E-state index contributed by atoms with van der Waals surface area (Å²) in [6.45, 7) is 1.45. The molecular weight excluding hydrogens is 494 g/mol. The monoisotopic (exact) mass is 520 g/mol. The van der Waals surface area contributed by atoms with Crippen LogP contribution in [0.25, 0.3) is 0 Å². The van der Waals surface area contributed by atoms with Gasteiger partial charge in [0.15, 0.2) is 5.82 Å². The van der Waals surface area contributed by atoms with E-state index in [9.17, 15) is 31.1 Å². The number of hydrogen-bond donors (Lipinski definition) is 1. The quantitative estimate of drug-likeness (QED) is 0.588. The molecule has 1 N–H and O–H groups in total. The van der Waals surface area contributed by atoms with Gasteiger partial charge < -0.3 is 15.0 Å². The summed E-state index contributed by atoms with van der Waals surface area (Å²) in [5, 5.41) is 15.9. The lowest BCUT2D eigenvalue weighted by Gasteiger charge is -2.39. The van der Waals surface area contributed by atoms with Crippen LogP contribution in [0.4, 0.5) is 26.3 Å². The van der Waals surface area contributed by atoms with E-state index in [1.54, 1.807) is 14.1 Å². The number of aromatic nitrogens is 4. The summed E-state index contributed by atoms with van der Waals surface area (Å²) >= 11 is 0. The second-order valence-electron chi connectivity index (χ2n) is 9.74. The van der Waals surface area contributed by atoms with Gasteiger partial charge in [0.05, 0.1) is 23.8 Å². The van der Waals surface area contributed by atoms with Gasteiger partial charge in [-0.15, -0.1) is 10.2 Å². The van der Waals surface area contributed by atoms with Crippen LogP contribution in [0, 0.1) is 0 Å². The van der Waals surface area contributed by atoms with Crippen molar-refractivity contribution in [2.24, 2.45) is 0 Å². The van der Waals surface area contributed by atoms with Gasteiger partial charge in [0.1, 0.15) is 6.54 Å². The molecule has 2 aliphatic heterocycles. The second-order valence-corrected chi connectivity index (χ2v) is 9.74. The highest BCUT2D eigenvalue weighted by Crippen LogP contribution is 2.45. The SMILES string of the molecule is CN(C)C(=O)Cn1nnc(C2CC3(C)NC2CCC3OCc2cc(C(F)(F)F)cc(C(F)(F)F)c2)n1. The summed E-state index contributed by atoms with van der Waals surface area (Å²) in [7, 11) is 3.24. The summed E-state index contributed by atoms with van der Waals surface area (Å²) in [5.41, 5.74) is -3.53. The van der Waals surface area contributed by atoms with E-state index < -0.39 is 41.7 Å². The van der Waals surface area contributed by atoms with Crippen LogP contribution in [0.1, 0.15) is 54.6 Å². The first kappa shape index (κ1) is 26.3. The standard InChI is InChI=1S/C22H26F6N6O2/c1-20-9-15(19-30-32-34(31-19)10-18(35)33(2)3)16(29-20)4-5-17(20)36-11-12-6-13(21(23,24)25)8-14(7-12)22(26,27)28/h6-8,15-17,29H,4-5,9-11H2,1-3H3. The Morgan fingerprint density at radius 1 is 1.14 bits per heavy atom. The molecule has 4 unspecified atom stereocenters. The van der Waals surface area contributed by atoms with Crippen molar-refractivity contribution in [1.82, 2.24) is 30.4 Å². The molecule has 36 heavy (non-hydrogen) atoms. The predicted molar refractivity (Wildman–Crippen MR) is 113 cm³/mol. The van der Waals surface area contributed by atoms with Crippen LogP contribution in [-0.2, 0) is 35.0 Å². The molecule has 0 aliphatic carbocycles. The zero-order chi connectivity index (χ0) is 26.5. The van der Waals surface area contributed by atoms with Gasteiger partial charge in [-0.05, 0) is 55.2 Å². The average molecular weight is 520 g/mol. The number of piperidine rings is 1. The number of hydrogen-bond acceptors (Lipinski definition) is 6. The molecule has 8 nitrogen and oxygen atoms in total. The molecule has 1 amide bonds. The molecule has 4 rings (SSSR count). The molecule has 2 fully saturated rings. The van der Waals surface area contributed by atoms with Crippen LogP contribution in [-0.4, -0.2) is 62.8 Å². The van der Waals surface area contributed by atoms with Crippen LogP contribution in [0.5, 0.6) is 0 Å². The first-order chi connectivity index (χ1) is 16.7. The average Bonchev–Trinajstić information content (AvgIpc) is 3.33. The third-order valence-electron chi connectivity index (χ3n) is 6.77. The van der Waals surface area contributed by atoms with Crippen molar-refractivity contribution in [2.45, 2.75) is 75.3 Å². The molecule has 0 radical (unpaired) electrons. The van der Waals surface area contributed by atoms with Crippen molar-refractivity contribution in [3.8, 4) is 0 Å². The van der Waals surface area contributed by atoms with Gasteiger partial charge in [-0.2, -0.15) is 31.1 Å². The molecule has 14 heteroatoms. The largest absolute Gasteiger partial charge is 0.416 e. The first-order valence-electron chi connectivity index (χ1n) is 11.3. The Morgan fingerprint density at radius 3 is 2.36 bits per heavy atom. The Hall–Kier alpha value is -2.74. The molecule has 2 aromatic rings. The fourth-order valence-corrected chi connectivity index (χ4v) is 4.90. The van der Waals surface area contributed by atoms with E-state index in [1.165, 1.54) is 9.70 Å². The van der Waals surface area contributed by atoms with Crippen LogP contribution >= 0.6 is 0 Å². The fourth-order valence-electron chi connectivity index (χ4n) is 4.90. The number of benzene rings is 1. The molecule has 1 aromatic heterocycles. The van der Waals surface area contributed by atoms with E-state index >= 15 is 0 Å². The highest BCUT2D eigenvalue weighted by molar-refractivity contribution is 5.75. The van der Waals surface area contributed by atoms with E-state index in [4.69, 9.17) is 4.74 Å². The van der Waals surface area contributed by atoms with Crippen LogP contribution in [0.2, 0.25) is 0 Å². The fraction of sp³-hybridized carbons (Fsp3) is 0.636. The topological polar surface area (TPSA) is 85.2 Å². The Morgan fingerprint density at radius 2 is 1.78 bits per heavy atom. The Kier molecular flexibility index (Phi) is 6.79. The number of tetrazole rings is 1. The third kappa shape index (κ3) is 5.48. The minimum absolute atomic E-state index is 0.00226. The van der Waals surface area contributed by atoms with E-state index in [0.29, 0.717) is 37.2 Å². The summed E-state index contributed by atoms with van der Waals surface area (Å²) in [6.07, 6.45) is -8.54. The van der Waals surface area contributed by atoms with Gasteiger partial charge in [-0.3, -0.25) is 4.79 Å². The smallest absolute Gasteiger partial charge is 0.372 e. The third-order valence-corrected chi connectivity index (χ3v) is 6.77. The molecule has 0 saturated carbocycles. The second kappa shape index (κ2) is 9.29. The number of rotatable bonds is 6. The maximum atomic E-state index is 13.2. The van der Waals surface area contributed by atoms with Crippen LogP contribution in [0.15, 0.2) is 18.2 Å². The van der Waals surface area contributed by atoms with E-state index in [-0.39, 0.29) is 36.0 Å². The van der Waals surface area contributed by atoms with E-state index in [0.717, 1.165) is 0 Å². The van der Waals surface area contributed by atoms with Gasteiger partial charge >= 0.3 is 12.4 Å². The number of fused-ring (bicyclic) bond motifs is 2. The molecule has 198 valence electrons. The van der Waals surface area contributed by atoms with Crippen LogP contribution < -0.4 is 5.32 Å². The summed E-state index contributed by atoms with van der Waals surface area (Å²) in [6, 6.07) is 1.48. The van der Waals surface area contributed by atoms with Crippen LogP contribution in [0.3, 0.4) is 0 Å². The maximum Gasteiger partial charge on any atom is 0.416 e. The number of likely N-dealkylation sites (N-methyl/N-ethyl adjacent to an activating group) is 1. The van der Waals surface area contributed by atoms with Crippen molar-refractivity contribution in [3.05, 3.63) is 40.7 Å². The zero-order valence-electron chi connectivity index (χ0n) is 19.8. The lowest BCUT2D eigenvalue weighted by atomic mass is 9.88. The highest BCUT2D eigenvalue weighted by atomic mass is 19.4. The number of nitrogens with one attached hydrogen (secondary N) is 1. The predicted octanol–water partition coefficient (Wildman–Crippen LogP) is 3.38. The molecule has 3 heterocycles. The summed E-state index contributed by atoms with van der Waals surface area (Å²) < 4.78 is 84.9. The highest BCUT2D eigenvalue weighted by Gasteiger charge is 2.52. The van der Waals surface area contributed by atoms with Crippen molar-refractivity contribution < 1.29 is 35.9 Å². The number of halogens is 6. The van der Waals surface area contributed by atoms with Crippen molar-refractivity contribution >= 4 is 5.91 Å². The number of alkyl halides is 6. The van der Waals surface area contributed by atoms with Gasteiger partial charge in [0, 0.05) is 31.6 Å². The normalized spacial score (nSPS) is 26.3.